The number of hydrogen-bond acceptors (Lipinski definition) is 6. The van der Waals surface area contributed by atoms with E-state index in [1.165, 1.54) is 0 Å². The van der Waals surface area contributed by atoms with Gasteiger partial charge in [0.25, 0.3) is 0 Å². The lowest BCUT2D eigenvalue weighted by atomic mass is 9.89. The normalized spacial score (nSPS) is 23.1. The number of para-hydroxylation sites is 2. The lowest BCUT2D eigenvalue weighted by Gasteiger charge is -2.44. The number of aliphatic hydroxyl groups excluding tert-OH is 1. The second-order valence-corrected chi connectivity index (χ2v) is 11.8. The summed E-state index contributed by atoms with van der Waals surface area (Å²) in [4.78, 5) is 30.2. The van der Waals surface area contributed by atoms with Crippen molar-refractivity contribution in [3.05, 3.63) is 100.0 Å². The van der Waals surface area contributed by atoms with Crippen LogP contribution in [0, 0.1) is 5.92 Å². The first-order chi connectivity index (χ1) is 21.4. The van der Waals surface area contributed by atoms with Crippen molar-refractivity contribution in [1.29, 1.82) is 0 Å². The van der Waals surface area contributed by atoms with E-state index in [4.69, 9.17) is 9.47 Å². The van der Waals surface area contributed by atoms with Crippen LogP contribution in [-0.2, 0) is 16.1 Å². The number of imidazole rings is 1. The molecule has 4 aromatic rings. The molecule has 10 nitrogen and oxygen atoms in total. The van der Waals surface area contributed by atoms with Gasteiger partial charge in [0.2, 0.25) is 0 Å². The molecule has 44 heavy (non-hydrogen) atoms. The zero-order valence-electron chi connectivity index (χ0n) is 25.2. The van der Waals surface area contributed by atoms with Crippen LogP contribution in [0.3, 0.4) is 0 Å². The molecule has 2 amide bonds. The molecule has 4 N–H and O–H groups in total. The molecule has 232 valence electrons. The number of benzene rings is 3. The summed E-state index contributed by atoms with van der Waals surface area (Å²) in [6.07, 6.45) is 0.877. The van der Waals surface area contributed by atoms with Crippen LogP contribution in [0.4, 0.5) is 10.5 Å². The summed E-state index contributed by atoms with van der Waals surface area (Å²) >= 11 is 0. The van der Waals surface area contributed by atoms with Gasteiger partial charge in [0, 0.05) is 49.4 Å². The largest absolute Gasteiger partial charge is 0.392 e. The Balaban J connectivity index is 1.18. The maximum Gasteiger partial charge on any atom is 0.326 e. The number of anilines is 1. The number of carbonyl (C=O) groups excluding carboxylic acids is 1. The number of urea groups is 1. The molecule has 3 heterocycles. The number of amides is 2. The highest BCUT2D eigenvalue weighted by atomic mass is 16.7. The first-order valence-electron chi connectivity index (χ1n) is 15.5. The Morgan fingerprint density at radius 1 is 0.977 bits per heavy atom. The second-order valence-electron chi connectivity index (χ2n) is 11.8. The van der Waals surface area contributed by atoms with E-state index < -0.39 is 6.29 Å². The van der Waals surface area contributed by atoms with Gasteiger partial charge in [-0.15, -0.1) is 0 Å². The smallest absolute Gasteiger partial charge is 0.326 e. The molecule has 0 aliphatic carbocycles. The van der Waals surface area contributed by atoms with Crippen molar-refractivity contribution in [2.45, 2.75) is 57.8 Å². The standard InChI is InChI=1S/C34H41N5O5/c1-3-35-33(41)36-26-14-12-25(13-15-26)32-43-30(22(2)31(44-32)24-10-8-23(21-40)9-11-24)20-38-18-16-27(17-19-38)39-29-7-5-4-6-28(29)37-34(39)42/h4-15,22,27,30-32,40H,3,16-21H2,1-2H3,(H,37,42)(H2,35,36,41). The van der Waals surface area contributed by atoms with Gasteiger partial charge in [0.1, 0.15) is 0 Å². The van der Waals surface area contributed by atoms with Crippen LogP contribution in [0.15, 0.2) is 77.6 Å². The molecule has 0 spiro atoms. The van der Waals surface area contributed by atoms with Gasteiger partial charge >= 0.3 is 11.7 Å². The minimum absolute atomic E-state index is 0.00694. The van der Waals surface area contributed by atoms with E-state index in [1.54, 1.807) is 0 Å². The highest BCUT2D eigenvalue weighted by molar-refractivity contribution is 5.89. The zero-order chi connectivity index (χ0) is 30.6. The molecule has 10 heteroatoms. The van der Waals surface area contributed by atoms with Crippen molar-refractivity contribution in [1.82, 2.24) is 19.8 Å². The number of H-pyrrole nitrogens is 1. The number of likely N-dealkylation sites (tertiary alicyclic amines) is 1. The summed E-state index contributed by atoms with van der Waals surface area (Å²) in [5, 5.41) is 15.1. The summed E-state index contributed by atoms with van der Waals surface area (Å²) in [5.41, 5.74) is 5.25. The quantitative estimate of drug-likeness (QED) is 0.224. The topological polar surface area (TPSA) is 121 Å². The first kappa shape index (κ1) is 30.1. The summed E-state index contributed by atoms with van der Waals surface area (Å²) < 4.78 is 15.2. The number of ether oxygens (including phenoxy) is 2. The molecular weight excluding hydrogens is 558 g/mol. The van der Waals surface area contributed by atoms with E-state index in [1.807, 2.05) is 84.3 Å². The molecule has 6 rings (SSSR count). The summed E-state index contributed by atoms with van der Waals surface area (Å²) in [6, 6.07) is 23.3. The minimum atomic E-state index is -0.584. The van der Waals surface area contributed by atoms with Gasteiger partial charge < -0.3 is 35.1 Å². The van der Waals surface area contributed by atoms with Gasteiger partial charge in [0.15, 0.2) is 6.29 Å². The molecule has 1 aromatic heterocycles. The van der Waals surface area contributed by atoms with Crippen LogP contribution in [0.5, 0.6) is 0 Å². The third-order valence-electron chi connectivity index (χ3n) is 8.89. The molecule has 2 saturated heterocycles. The van der Waals surface area contributed by atoms with Gasteiger partial charge in [-0.05, 0) is 55.2 Å². The van der Waals surface area contributed by atoms with Crippen LogP contribution in [0.2, 0.25) is 0 Å². The molecule has 0 saturated carbocycles. The summed E-state index contributed by atoms with van der Waals surface area (Å²) in [7, 11) is 0. The van der Waals surface area contributed by atoms with Crippen molar-refractivity contribution in [2.75, 3.05) is 31.5 Å². The Kier molecular flexibility index (Phi) is 9.13. The average Bonchev–Trinajstić information content (AvgIpc) is 3.38. The Labute approximate surface area is 257 Å². The van der Waals surface area contributed by atoms with Crippen molar-refractivity contribution in [3.63, 3.8) is 0 Å². The maximum atomic E-state index is 12.8. The number of aromatic nitrogens is 2. The SMILES string of the molecule is CCNC(=O)Nc1ccc(C2OC(CN3CCC(n4c(=O)[nH]c5ccccc54)CC3)C(C)C(c3ccc(CO)cc3)O2)cc1. The van der Waals surface area contributed by atoms with Crippen LogP contribution >= 0.6 is 0 Å². The predicted octanol–water partition coefficient (Wildman–Crippen LogP) is 5.09. The van der Waals surface area contributed by atoms with Gasteiger partial charge in [-0.3, -0.25) is 4.57 Å². The molecule has 3 aromatic carbocycles. The highest BCUT2D eigenvalue weighted by Gasteiger charge is 2.39. The van der Waals surface area contributed by atoms with E-state index in [9.17, 15) is 14.7 Å². The maximum absolute atomic E-state index is 12.8. The first-order valence-corrected chi connectivity index (χ1v) is 15.5. The van der Waals surface area contributed by atoms with Crippen LogP contribution in [-0.4, -0.2) is 57.9 Å². The van der Waals surface area contributed by atoms with E-state index >= 15 is 0 Å². The Hall–Kier alpha value is -3.96. The minimum Gasteiger partial charge on any atom is -0.392 e. The fourth-order valence-electron chi connectivity index (χ4n) is 6.44. The molecule has 4 atom stereocenters. The van der Waals surface area contributed by atoms with Crippen molar-refractivity contribution in [3.8, 4) is 0 Å². The summed E-state index contributed by atoms with van der Waals surface area (Å²) in [5.74, 6) is 0.0684. The number of piperidine rings is 1. The Morgan fingerprint density at radius 3 is 2.39 bits per heavy atom. The molecule has 0 bridgehead atoms. The molecule has 2 aliphatic heterocycles. The fourth-order valence-corrected chi connectivity index (χ4v) is 6.44. The Bertz CT molecular complexity index is 1610. The Morgan fingerprint density at radius 2 is 1.68 bits per heavy atom. The van der Waals surface area contributed by atoms with E-state index in [-0.39, 0.29) is 42.5 Å². The van der Waals surface area contributed by atoms with E-state index in [0.29, 0.717) is 12.2 Å². The molecule has 2 aliphatic rings. The van der Waals surface area contributed by atoms with Gasteiger partial charge in [-0.25, -0.2) is 9.59 Å². The number of rotatable bonds is 8. The lowest BCUT2D eigenvalue weighted by molar-refractivity contribution is -0.276. The lowest BCUT2D eigenvalue weighted by Crippen LogP contribution is -2.47. The number of nitrogens with one attached hydrogen (secondary N) is 3. The van der Waals surface area contributed by atoms with Crippen LogP contribution in [0.1, 0.15) is 61.8 Å². The number of nitrogens with zero attached hydrogens (tertiary/aromatic N) is 2. The number of aliphatic hydroxyl groups is 1. The number of aromatic amines is 1. The summed E-state index contributed by atoms with van der Waals surface area (Å²) in [6.45, 7) is 7.07. The third kappa shape index (κ3) is 6.44. The monoisotopic (exact) mass is 599 g/mol. The van der Waals surface area contributed by atoms with Crippen LogP contribution < -0.4 is 16.3 Å². The number of carbonyl (C=O) groups is 1. The fraction of sp³-hybridized carbons (Fsp3) is 0.412. The molecule has 4 unspecified atom stereocenters. The van der Waals surface area contributed by atoms with Crippen LogP contribution in [0.25, 0.3) is 11.0 Å². The van der Waals surface area contributed by atoms with Gasteiger partial charge in [-0.2, -0.15) is 0 Å². The molecular formula is C34H41N5O5. The average molecular weight is 600 g/mol. The van der Waals surface area contributed by atoms with E-state index in [0.717, 1.165) is 60.2 Å². The van der Waals surface area contributed by atoms with Crippen molar-refractivity contribution < 1.29 is 19.4 Å². The second kappa shape index (κ2) is 13.4. The number of fused-ring (bicyclic) bond motifs is 1. The highest BCUT2D eigenvalue weighted by Crippen LogP contribution is 2.42. The number of hydrogen-bond donors (Lipinski definition) is 4. The van der Waals surface area contributed by atoms with Crippen molar-refractivity contribution >= 4 is 22.8 Å². The predicted molar refractivity (Wildman–Crippen MR) is 169 cm³/mol. The van der Waals surface area contributed by atoms with Gasteiger partial charge in [0.05, 0.1) is 29.8 Å². The zero-order valence-corrected chi connectivity index (χ0v) is 25.2. The third-order valence-corrected chi connectivity index (χ3v) is 8.89. The molecule has 2 fully saturated rings. The molecule has 0 radical (unpaired) electrons. The van der Waals surface area contributed by atoms with E-state index in [2.05, 4.69) is 27.4 Å². The van der Waals surface area contributed by atoms with Gasteiger partial charge in [-0.1, -0.05) is 55.5 Å². The van der Waals surface area contributed by atoms with Crippen molar-refractivity contribution in [2.24, 2.45) is 5.92 Å².